The first kappa shape index (κ1) is 12.6. The molecule has 1 nitrogen and oxygen atoms in total. The summed E-state index contributed by atoms with van der Waals surface area (Å²) in [7, 11) is 0. The fraction of sp³-hybridized carbons (Fsp3) is 0.176. The van der Waals surface area contributed by atoms with Gasteiger partial charge in [0.1, 0.15) is 0 Å². The van der Waals surface area contributed by atoms with E-state index in [0.29, 0.717) is 6.04 Å². The van der Waals surface area contributed by atoms with Crippen molar-refractivity contribution in [2.24, 2.45) is 0 Å². The summed E-state index contributed by atoms with van der Waals surface area (Å²) in [6.45, 7) is 0. The van der Waals surface area contributed by atoms with E-state index in [1.807, 2.05) is 12.1 Å². The smallest absolute Gasteiger partial charge is 0.0343 e. The van der Waals surface area contributed by atoms with Crippen molar-refractivity contribution in [2.45, 2.75) is 18.9 Å². The molecule has 1 N–H and O–H groups in total. The Balaban J connectivity index is 1.72. The van der Waals surface area contributed by atoms with Gasteiger partial charge in [-0.05, 0) is 77.9 Å². The van der Waals surface area contributed by atoms with E-state index >= 15 is 0 Å². The van der Waals surface area contributed by atoms with Gasteiger partial charge in [-0.2, -0.15) is 0 Å². The topological polar surface area (TPSA) is 12.0 Å². The number of halogens is 1. The Bertz CT molecular complexity index is 630. The molecule has 19 heavy (non-hydrogen) atoms. The first-order chi connectivity index (χ1) is 9.29. The number of benzene rings is 2. The Morgan fingerprint density at radius 3 is 2.37 bits per heavy atom. The van der Waals surface area contributed by atoms with Crippen molar-refractivity contribution in [3.05, 3.63) is 63.2 Å². The number of hydrogen-bond acceptors (Lipinski definition) is 1. The molecule has 94 valence electrons. The molecule has 0 unspecified atom stereocenters. The normalized spacial score (nSPS) is 13.5. The van der Waals surface area contributed by atoms with Crippen LogP contribution < -0.4 is 5.32 Å². The van der Waals surface area contributed by atoms with E-state index in [1.165, 1.54) is 22.1 Å². The predicted octanol–water partition coefficient (Wildman–Crippen LogP) is 4.27. The number of nitrogens with one attached hydrogen (secondary N) is 1. The van der Waals surface area contributed by atoms with Gasteiger partial charge in [0, 0.05) is 26.4 Å². The third kappa shape index (κ3) is 3.74. The lowest BCUT2D eigenvalue weighted by Crippen LogP contribution is -1.99. The van der Waals surface area contributed by atoms with Crippen LogP contribution in [0.5, 0.6) is 0 Å². The number of anilines is 1. The zero-order valence-electron chi connectivity index (χ0n) is 10.5. The standard InChI is InChI=1S/C17H14IN/c18-15-3-1-2-14(12-15)5-4-13-6-8-16(9-7-13)19-17-10-11-17/h1-3,6-9,12,17,19H,10-11H2. The molecule has 1 fully saturated rings. The van der Waals surface area contributed by atoms with Crippen LogP contribution in [0.4, 0.5) is 5.69 Å². The molecule has 1 saturated carbocycles. The average Bonchev–Trinajstić information content (AvgIpc) is 3.22. The van der Waals surface area contributed by atoms with E-state index in [9.17, 15) is 0 Å². The highest BCUT2D eigenvalue weighted by atomic mass is 127. The molecule has 3 rings (SSSR count). The summed E-state index contributed by atoms with van der Waals surface area (Å²) >= 11 is 2.31. The Morgan fingerprint density at radius 2 is 1.68 bits per heavy atom. The summed E-state index contributed by atoms with van der Waals surface area (Å²) in [4.78, 5) is 0. The molecule has 0 aromatic heterocycles. The molecule has 0 radical (unpaired) electrons. The summed E-state index contributed by atoms with van der Waals surface area (Å²) in [5.41, 5.74) is 3.31. The van der Waals surface area contributed by atoms with Crippen molar-refractivity contribution in [2.75, 3.05) is 5.32 Å². The number of rotatable bonds is 2. The first-order valence-corrected chi connectivity index (χ1v) is 7.52. The molecule has 2 aromatic carbocycles. The van der Waals surface area contributed by atoms with Gasteiger partial charge in [0.2, 0.25) is 0 Å². The third-order valence-corrected chi connectivity index (χ3v) is 3.68. The SMILES string of the molecule is Ic1cccc(C#Cc2ccc(NC3CC3)cc2)c1. The van der Waals surface area contributed by atoms with Crippen LogP contribution in [0.3, 0.4) is 0 Å². The van der Waals surface area contributed by atoms with Crippen molar-refractivity contribution < 1.29 is 0 Å². The molecular weight excluding hydrogens is 345 g/mol. The van der Waals surface area contributed by atoms with Gasteiger partial charge in [-0.1, -0.05) is 17.9 Å². The zero-order valence-corrected chi connectivity index (χ0v) is 12.6. The monoisotopic (exact) mass is 359 g/mol. The molecule has 0 atom stereocenters. The van der Waals surface area contributed by atoms with Gasteiger partial charge in [-0.3, -0.25) is 0 Å². The fourth-order valence-electron chi connectivity index (χ4n) is 1.82. The van der Waals surface area contributed by atoms with Crippen LogP contribution >= 0.6 is 22.6 Å². The summed E-state index contributed by atoms with van der Waals surface area (Å²) in [5.74, 6) is 6.40. The molecule has 0 saturated heterocycles. The highest BCUT2D eigenvalue weighted by molar-refractivity contribution is 14.1. The van der Waals surface area contributed by atoms with Crippen LogP contribution in [0.2, 0.25) is 0 Å². The molecule has 0 amide bonds. The maximum atomic E-state index is 3.48. The molecule has 1 aliphatic rings. The van der Waals surface area contributed by atoms with E-state index in [-0.39, 0.29) is 0 Å². The van der Waals surface area contributed by atoms with Crippen LogP contribution in [0, 0.1) is 15.4 Å². The highest BCUT2D eigenvalue weighted by Gasteiger charge is 2.20. The first-order valence-electron chi connectivity index (χ1n) is 6.44. The largest absolute Gasteiger partial charge is 0.382 e. The van der Waals surface area contributed by atoms with Crippen molar-refractivity contribution in [3.8, 4) is 11.8 Å². The second-order valence-electron chi connectivity index (χ2n) is 4.76. The number of hydrogen-bond donors (Lipinski definition) is 1. The Morgan fingerprint density at radius 1 is 0.947 bits per heavy atom. The molecule has 0 heterocycles. The van der Waals surface area contributed by atoms with E-state index in [2.05, 4.69) is 76.1 Å². The second-order valence-corrected chi connectivity index (χ2v) is 6.00. The molecule has 1 aliphatic carbocycles. The van der Waals surface area contributed by atoms with Gasteiger partial charge in [-0.15, -0.1) is 0 Å². The van der Waals surface area contributed by atoms with Crippen molar-refractivity contribution >= 4 is 28.3 Å². The molecule has 2 heteroatoms. The Labute approximate surface area is 127 Å². The quantitative estimate of drug-likeness (QED) is 0.624. The summed E-state index contributed by atoms with van der Waals surface area (Å²) in [5, 5.41) is 3.48. The van der Waals surface area contributed by atoms with E-state index in [4.69, 9.17) is 0 Å². The molecular formula is C17H14IN. The van der Waals surface area contributed by atoms with Crippen LogP contribution in [-0.2, 0) is 0 Å². The summed E-state index contributed by atoms with van der Waals surface area (Å²) < 4.78 is 1.22. The minimum atomic E-state index is 0.698. The zero-order chi connectivity index (χ0) is 13.1. The molecule has 0 bridgehead atoms. The van der Waals surface area contributed by atoms with Crippen LogP contribution in [0.15, 0.2) is 48.5 Å². The van der Waals surface area contributed by atoms with Crippen molar-refractivity contribution in [1.82, 2.24) is 0 Å². The Hall–Kier alpha value is -1.47. The maximum Gasteiger partial charge on any atom is 0.0343 e. The lowest BCUT2D eigenvalue weighted by atomic mass is 10.1. The van der Waals surface area contributed by atoms with Crippen molar-refractivity contribution in [3.63, 3.8) is 0 Å². The third-order valence-electron chi connectivity index (χ3n) is 3.01. The van der Waals surface area contributed by atoms with Crippen LogP contribution in [0.1, 0.15) is 24.0 Å². The highest BCUT2D eigenvalue weighted by Crippen LogP contribution is 2.24. The van der Waals surface area contributed by atoms with Gasteiger partial charge >= 0.3 is 0 Å². The lowest BCUT2D eigenvalue weighted by molar-refractivity contribution is 1.16. The lowest BCUT2D eigenvalue weighted by Gasteiger charge is -2.03. The van der Waals surface area contributed by atoms with Gasteiger partial charge in [0.15, 0.2) is 0 Å². The van der Waals surface area contributed by atoms with Crippen LogP contribution in [0.25, 0.3) is 0 Å². The predicted molar refractivity (Wildman–Crippen MR) is 88.2 cm³/mol. The van der Waals surface area contributed by atoms with Gasteiger partial charge in [0.05, 0.1) is 0 Å². The molecule has 0 aliphatic heterocycles. The van der Waals surface area contributed by atoms with E-state index in [0.717, 1.165) is 11.1 Å². The van der Waals surface area contributed by atoms with Gasteiger partial charge in [-0.25, -0.2) is 0 Å². The fourth-order valence-corrected chi connectivity index (χ4v) is 2.37. The van der Waals surface area contributed by atoms with E-state index in [1.54, 1.807) is 0 Å². The molecule has 0 spiro atoms. The van der Waals surface area contributed by atoms with Crippen LogP contribution in [-0.4, -0.2) is 6.04 Å². The average molecular weight is 359 g/mol. The summed E-state index contributed by atoms with van der Waals surface area (Å²) in [6, 6.07) is 17.3. The Kier molecular flexibility index (Phi) is 3.74. The summed E-state index contributed by atoms with van der Waals surface area (Å²) in [6.07, 6.45) is 2.60. The molecule has 2 aromatic rings. The second kappa shape index (κ2) is 5.66. The minimum Gasteiger partial charge on any atom is -0.382 e. The van der Waals surface area contributed by atoms with Gasteiger partial charge < -0.3 is 5.32 Å². The van der Waals surface area contributed by atoms with Gasteiger partial charge in [0.25, 0.3) is 0 Å². The minimum absolute atomic E-state index is 0.698. The maximum absolute atomic E-state index is 3.48. The van der Waals surface area contributed by atoms with E-state index < -0.39 is 0 Å². The van der Waals surface area contributed by atoms with Crippen molar-refractivity contribution in [1.29, 1.82) is 0 Å².